The molecule has 69 valence electrons. The van der Waals surface area contributed by atoms with E-state index in [1.54, 1.807) is 12.4 Å². The van der Waals surface area contributed by atoms with Crippen LogP contribution in [0.2, 0.25) is 0 Å². The minimum atomic E-state index is 0.969. The summed E-state index contributed by atoms with van der Waals surface area (Å²) in [5, 5.41) is 0. The van der Waals surface area contributed by atoms with Crippen LogP contribution < -0.4 is 0 Å². The summed E-state index contributed by atoms with van der Waals surface area (Å²) < 4.78 is 0. The van der Waals surface area contributed by atoms with Gasteiger partial charge < -0.3 is 0 Å². The first-order valence-corrected chi connectivity index (χ1v) is 4.60. The van der Waals surface area contributed by atoms with Gasteiger partial charge in [0.25, 0.3) is 0 Å². The monoisotopic (exact) mass is 182 g/mol. The van der Waals surface area contributed by atoms with Gasteiger partial charge in [0.2, 0.25) is 0 Å². The summed E-state index contributed by atoms with van der Waals surface area (Å²) in [6.07, 6.45) is 3.58. The molecule has 0 atom stereocenters. The Morgan fingerprint density at radius 3 is 2.43 bits per heavy atom. The second kappa shape index (κ2) is 3.62. The molecule has 0 amide bonds. The van der Waals surface area contributed by atoms with E-state index in [0.29, 0.717) is 0 Å². The van der Waals surface area contributed by atoms with Crippen molar-refractivity contribution in [2.24, 2.45) is 0 Å². The zero-order valence-corrected chi connectivity index (χ0v) is 8.20. The molecule has 14 heavy (non-hydrogen) atoms. The maximum absolute atomic E-state index is 4.03. The number of rotatable bonds is 1. The number of nitrogens with zero attached hydrogens (tertiary/aromatic N) is 1. The molecule has 1 aromatic heterocycles. The lowest BCUT2D eigenvalue weighted by molar-refractivity contribution is 1.30. The Labute approximate surface area is 84.4 Å². The summed E-state index contributed by atoms with van der Waals surface area (Å²) in [4.78, 5) is 4.03. The molecule has 2 aromatic rings. The summed E-state index contributed by atoms with van der Waals surface area (Å²) in [5.41, 5.74) is 4.59. The fourth-order valence-electron chi connectivity index (χ4n) is 1.44. The Morgan fingerprint density at radius 1 is 1.07 bits per heavy atom. The second-order valence-corrected chi connectivity index (χ2v) is 3.40. The van der Waals surface area contributed by atoms with E-state index in [1.807, 2.05) is 6.07 Å². The highest BCUT2D eigenvalue weighted by atomic mass is 14.6. The SMILES string of the molecule is [CH2]c1cnccc1-c1ccc(C)cc1. The molecule has 0 aliphatic carbocycles. The number of aromatic nitrogens is 1. The molecular formula is C13H12N. The Bertz CT molecular complexity index is 429. The van der Waals surface area contributed by atoms with Crippen LogP contribution in [0.5, 0.6) is 0 Å². The van der Waals surface area contributed by atoms with E-state index in [-0.39, 0.29) is 0 Å². The average Bonchev–Trinajstić information content (AvgIpc) is 2.20. The van der Waals surface area contributed by atoms with Crippen molar-refractivity contribution in [3.05, 3.63) is 60.8 Å². The summed E-state index contributed by atoms with van der Waals surface area (Å²) in [5.74, 6) is 0. The lowest BCUT2D eigenvalue weighted by atomic mass is 10.0. The second-order valence-electron chi connectivity index (χ2n) is 3.40. The first-order valence-electron chi connectivity index (χ1n) is 4.60. The van der Waals surface area contributed by atoms with Crippen molar-refractivity contribution in [2.75, 3.05) is 0 Å². The molecule has 0 spiro atoms. The van der Waals surface area contributed by atoms with E-state index >= 15 is 0 Å². The number of hydrogen-bond donors (Lipinski definition) is 0. The maximum atomic E-state index is 4.03. The molecule has 0 aliphatic heterocycles. The highest BCUT2D eigenvalue weighted by Gasteiger charge is 1.99. The fraction of sp³-hybridized carbons (Fsp3) is 0.0769. The lowest BCUT2D eigenvalue weighted by Crippen LogP contribution is -1.84. The van der Waals surface area contributed by atoms with Crippen molar-refractivity contribution in [3.8, 4) is 11.1 Å². The van der Waals surface area contributed by atoms with Gasteiger partial charge in [-0.15, -0.1) is 0 Å². The third kappa shape index (κ3) is 1.67. The molecule has 1 radical (unpaired) electrons. The van der Waals surface area contributed by atoms with Crippen molar-refractivity contribution in [1.29, 1.82) is 0 Å². The zero-order chi connectivity index (χ0) is 9.97. The number of pyridine rings is 1. The van der Waals surface area contributed by atoms with Gasteiger partial charge in [-0.1, -0.05) is 29.8 Å². The van der Waals surface area contributed by atoms with Gasteiger partial charge in [-0.05, 0) is 36.6 Å². The van der Waals surface area contributed by atoms with Gasteiger partial charge >= 0.3 is 0 Å². The van der Waals surface area contributed by atoms with Crippen LogP contribution in [0, 0.1) is 13.8 Å². The van der Waals surface area contributed by atoms with E-state index in [1.165, 1.54) is 11.1 Å². The Morgan fingerprint density at radius 2 is 1.79 bits per heavy atom. The van der Waals surface area contributed by atoms with Crippen LogP contribution in [0.15, 0.2) is 42.7 Å². The van der Waals surface area contributed by atoms with E-state index in [4.69, 9.17) is 0 Å². The van der Waals surface area contributed by atoms with Crippen LogP contribution in [0.4, 0.5) is 0 Å². The molecule has 1 aromatic carbocycles. The number of benzene rings is 1. The van der Waals surface area contributed by atoms with Crippen LogP contribution in [0.3, 0.4) is 0 Å². The summed E-state index contributed by atoms with van der Waals surface area (Å²) in [7, 11) is 0. The van der Waals surface area contributed by atoms with E-state index in [0.717, 1.165) is 11.1 Å². The molecule has 2 rings (SSSR count). The van der Waals surface area contributed by atoms with Crippen LogP contribution in [0.1, 0.15) is 11.1 Å². The summed E-state index contributed by atoms with van der Waals surface area (Å²) in [6.45, 7) is 6.04. The molecule has 0 fully saturated rings. The molecule has 0 saturated heterocycles. The van der Waals surface area contributed by atoms with Crippen molar-refractivity contribution in [2.45, 2.75) is 6.92 Å². The first-order chi connectivity index (χ1) is 6.77. The summed E-state index contributed by atoms with van der Waals surface area (Å²) in [6, 6.07) is 10.4. The lowest BCUT2D eigenvalue weighted by Gasteiger charge is -2.04. The maximum Gasteiger partial charge on any atom is 0.0306 e. The van der Waals surface area contributed by atoms with Crippen LogP contribution in [-0.4, -0.2) is 4.98 Å². The predicted molar refractivity (Wildman–Crippen MR) is 58.9 cm³/mol. The Balaban J connectivity index is 2.50. The van der Waals surface area contributed by atoms with Gasteiger partial charge in [-0.2, -0.15) is 0 Å². The fourth-order valence-corrected chi connectivity index (χ4v) is 1.44. The van der Waals surface area contributed by atoms with E-state index in [9.17, 15) is 0 Å². The molecule has 1 heterocycles. The highest BCUT2D eigenvalue weighted by molar-refractivity contribution is 5.67. The molecule has 1 heteroatoms. The quantitative estimate of drug-likeness (QED) is 0.659. The molecule has 0 aliphatic rings. The van der Waals surface area contributed by atoms with Gasteiger partial charge in [0.1, 0.15) is 0 Å². The Kier molecular flexibility index (Phi) is 2.32. The largest absolute Gasteiger partial charge is 0.264 e. The van der Waals surface area contributed by atoms with Gasteiger partial charge in [0, 0.05) is 12.4 Å². The average molecular weight is 182 g/mol. The number of aryl methyl sites for hydroxylation is 1. The predicted octanol–water partition coefficient (Wildman–Crippen LogP) is 3.24. The van der Waals surface area contributed by atoms with Gasteiger partial charge in [-0.3, -0.25) is 4.98 Å². The third-order valence-electron chi connectivity index (χ3n) is 2.27. The minimum absolute atomic E-state index is 0.969. The van der Waals surface area contributed by atoms with E-state index < -0.39 is 0 Å². The highest BCUT2D eigenvalue weighted by Crippen LogP contribution is 2.22. The number of hydrogen-bond acceptors (Lipinski definition) is 1. The zero-order valence-electron chi connectivity index (χ0n) is 8.20. The summed E-state index contributed by atoms with van der Waals surface area (Å²) >= 11 is 0. The van der Waals surface area contributed by atoms with Crippen molar-refractivity contribution >= 4 is 0 Å². The van der Waals surface area contributed by atoms with Crippen LogP contribution in [-0.2, 0) is 0 Å². The van der Waals surface area contributed by atoms with Crippen molar-refractivity contribution in [1.82, 2.24) is 4.98 Å². The van der Waals surface area contributed by atoms with Crippen molar-refractivity contribution in [3.63, 3.8) is 0 Å². The van der Waals surface area contributed by atoms with Crippen LogP contribution in [0.25, 0.3) is 11.1 Å². The topological polar surface area (TPSA) is 12.9 Å². The van der Waals surface area contributed by atoms with Gasteiger partial charge in [-0.25, -0.2) is 0 Å². The minimum Gasteiger partial charge on any atom is -0.264 e. The van der Waals surface area contributed by atoms with Crippen LogP contribution >= 0.6 is 0 Å². The van der Waals surface area contributed by atoms with Crippen molar-refractivity contribution < 1.29 is 0 Å². The van der Waals surface area contributed by atoms with Gasteiger partial charge in [0.05, 0.1) is 0 Å². The van der Waals surface area contributed by atoms with Gasteiger partial charge in [0.15, 0.2) is 0 Å². The molecule has 0 N–H and O–H groups in total. The molecular weight excluding hydrogens is 170 g/mol. The first kappa shape index (κ1) is 8.95. The molecule has 0 saturated carbocycles. The third-order valence-corrected chi connectivity index (χ3v) is 2.27. The molecule has 0 bridgehead atoms. The molecule has 0 unspecified atom stereocenters. The van der Waals surface area contributed by atoms with E-state index in [2.05, 4.69) is 43.1 Å². The normalized spacial score (nSPS) is 10.1. The molecule has 1 nitrogen and oxygen atoms in total. The standard InChI is InChI=1S/C13H12N/c1-10-3-5-12(6-4-10)13-7-8-14-9-11(13)2/h3-9H,2H2,1H3. The Hall–Kier alpha value is -1.63. The smallest absolute Gasteiger partial charge is 0.0306 e.